The van der Waals surface area contributed by atoms with Gasteiger partial charge in [0.25, 0.3) is 0 Å². The first-order valence-corrected chi connectivity index (χ1v) is 5.98. The van der Waals surface area contributed by atoms with Gasteiger partial charge in [0.15, 0.2) is 0 Å². The molecular weight excluding hydrogens is 188 g/mol. The van der Waals surface area contributed by atoms with E-state index in [9.17, 15) is 0 Å². The van der Waals surface area contributed by atoms with Crippen molar-refractivity contribution in [2.45, 2.75) is 39.3 Å². The lowest BCUT2D eigenvalue weighted by Gasteiger charge is -2.48. The maximum Gasteiger partial charge on any atom is 0.0645 e. The van der Waals surface area contributed by atoms with E-state index in [-0.39, 0.29) is 5.54 Å². The maximum atomic E-state index is 5.56. The minimum Gasteiger partial charge on any atom is -0.378 e. The molecule has 0 aromatic rings. The first-order valence-electron chi connectivity index (χ1n) is 5.98. The van der Waals surface area contributed by atoms with Gasteiger partial charge in [-0.1, -0.05) is 13.8 Å². The Kier molecular flexibility index (Phi) is 4.56. The van der Waals surface area contributed by atoms with Crippen LogP contribution in [0.1, 0.15) is 27.7 Å². The quantitative estimate of drug-likeness (QED) is 0.764. The van der Waals surface area contributed by atoms with Crippen LogP contribution in [-0.4, -0.2) is 49.8 Å². The molecule has 0 aromatic carbocycles. The monoisotopic (exact) mass is 214 g/mol. The van der Waals surface area contributed by atoms with Gasteiger partial charge >= 0.3 is 0 Å². The molecule has 1 fully saturated rings. The van der Waals surface area contributed by atoms with Crippen molar-refractivity contribution in [3.05, 3.63) is 0 Å². The van der Waals surface area contributed by atoms with Gasteiger partial charge < -0.3 is 10.1 Å². The van der Waals surface area contributed by atoms with Crippen LogP contribution in [0.3, 0.4) is 0 Å². The molecule has 3 heteroatoms. The van der Waals surface area contributed by atoms with E-state index in [4.69, 9.17) is 4.74 Å². The van der Waals surface area contributed by atoms with Crippen molar-refractivity contribution in [2.24, 2.45) is 5.92 Å². The molecule has 3 nitrogen and oxygen atoms in total. The molecule has 1 saturated heterocycles. The highest BCUT2D eigenvalue weighted by molar-refractivity contribution is 4.91. The van der Waals surface area contributed by atoms with E-state index in [1.54, 1.807) is 0 Å². The lowest BCUT2D eigenvalue weighted by molar-refractivity contribution is -0.0795. The van der Waals surface area contributed by atoms with E-state index < -0.39 is 0 Å². The third-order valence-electron chi connectivity index (χ3n) is 3.29. The van der Waals surface area contributed by atoms with Gasteiger partial charge in [-0.15, -0.1) is 0 Å². The lowest BCUT2D eigenvalue weighted by atomic mass is 9.94. The lowest BCUT2D eigenvalue weighted by Crippen LogP contribution is -2.60. The first kappa shape index (κ1) is 12.9. The summed E-state index contributed by atoms with van der Waals surface area (Å²) in [6.07, 6.45) is 0. The van der Waals surface area contributed by atoms with Gasteiger partial charge in [-0.25, -0.2) is 0 Å². The zero-order valence-electron chi connectivity index (χ0n) is 10.8. The summed E-state index contributed by atoms with van der Waals surface area (Å²) in [5, 5.41) is 3.30. The second-order valence-electron chi connectivity index (χ2n) is 5.43. The van der Waals surface area contributed by atoms with Crippen LogP contribution in [-0.2, 0) is 4.74 Å². The highest BCUT2D eigenvalue weighted by Gasteiger charge is 2.36. The standard InChI is InChI=1S/C12H26N2O/c1-10(2)11(8-13-5)14-6-7-15-9-12(14,3)4/h10-11,13H,6-9H2,1-5H3. The zero-order chi connectivity index (χ0) is 11.5. The van der Waals surface area contributed by atoms with Gasteiger partial charge in [0.2, 0.25) is 0 Å². The Bertz CT molecular complexity index is 192. The molecule has 1 aliphatic heterocycles. The van der Waals surface area contributed by atoms with Gasteiger partial charge in [-0.2, -0.15) is 0 Å². The van der Waals surface area contributed by atoms with E-state index in [1.807, 2.05) is 7.05 Å². The minimum absolute atomic E-state index is 0.171. The summed E-state index contributed by atoms with van der Waals surface area (Å²) in [6.45, 7) is 13.0. The van der Waals surface area contributed by atoms with Crippen molar-refractivity contribution in [1.29, 1.82) is 0 Å². The topological polar surface area (TPSA) is 24.5 Å². The molecule has 0 amide bonds. The van der Waals surface area contributed by atoms with Gasteiger partial charge in [0.05, 0.1) is 13.2 Å². The Morgan fingerprint density at radius 1 is 1.40 bits per heavy atom. The molecule has 1 N–H and O–H groups in total. The molecule has 15 heavy (non-hydrogen) atoms. The summed E-state index contributed by atoms with van der Waals surface area (Å²) in [5.74, 6) is 0.676. The average Bonchev–Trinajstić information content (AvgIpc) is 2.14. The van der Waals surface area contributed by atoms with Crippen LogP contribution in [0, 0.1) is 5.92 Å². The van der Waals surface area contributed by atoms with Gasteiger partial charge in [0, 0.05) is 24.7 Å². The fourth-order valence-corrected chi connectivity index (χ4v) is 2.40. The number of morpholine rings is 1. The van der Waals surface area contributed by atoms with Crippen molar-refractivity contribution >= 4 is 0 Å². The van der Waals surface area contributed by atoms with E-state index in [2.05, 4.69) is 37.9 Å². The van der Waals surface area contributed by atoms with Crippen LogP contribution in [0.5, 0.6) is 0 Å². The largest absolute Gasteiger partial charge is 0.378 e. The summed E-state index contributed by atoms with van der Waals surface area (Å²) in [5.41, 5.74) is 0.171. The average molecular weight is 214 g/mol. The molecule has 0 spiro atoms. The Morgan fingerprint density at radius 3 is 2.53 bits per heavy atom. The minimum atomic E-state index is 0.171. The zero-order valence-corrected chi connectivity index (χ0v) is 10.8. The number of rotatable bonds is 4. The molecule has 1 heterocycles. The third-order valence-corrected chi connectivity index (χ3v) is 3.29. The van der Waals surface area contributed by atoms with Gasteiger partial charge in [-0.05, 0) is 26.8 Å². The van der Waals surface area contributed by atoms with Crippen LogP contribution in [0.25, 0.3) is 0 Å². The number of hydrogen-bond acceptors (Lipinski definition) is 3. The Labute approximate surface area is 94.2 Å². The normalized spacial score (nSPS) is 24.4. The molecular formula is C12H26N2O. The van der Waals surface area contributed by atoms with E-state index in [1.165, 1.54) is 0 Å². The molecule has 0 bridgehead atoms. The Hall–Kier alpha value is -0.120. The molecule has 0 saturated carbocycles. The molecule has 90 valence electrons. The predicted octanol–water partition coefficient (Wildman–Crippen LogP) is 1.34. The van der Waals surface area contributed by atoms with Crippen LogP contribution in [0.2, 0.25) is 0 Å². The second kappa shape index (κ2) is 5.28. The maximum absolute atomic E-state index is 5.56. The van der Waals surface area contributed by atoms with Crippen molar-refractivity contribution in [2.75, 3.05) is 33.4 Å². The molecule has 1 atom stereocenters. The van der Waals surface area contributed by atoms with Crippen molar-refractivity contribution in [3.8, 4) is 0 Å². The summed E-state index contributed by atoms with van der Waals surface area (Å²) < 4.78 is 5.56. The molecule has 0 aliphatic carbocycles. The van der Waals surface area contributed by atoms with Crippen molar-refractivity contribution in [3.63, 3.8) is 0 Å². The summed E-state index contributed by atoms with van der Waals surface area (Å²) in [4.78, 5) is 2.59. The van der Waals surface area contributed by atoms with Crippen LogP contribution >= 0.6 is 0 Å². The second-order valence-corrected chi connectivity index (χ2v) is 5.43. The number of ether oxygens (including phenoxy) is 1. The fourth-order valence-electron chi connectivity index (χ4n) is 2.40. The van der Waals surface area contributed by atoms with E-state index >= 15 is 0 Å². The number of nitrogens with zero attached hydrogens (tertiary/aromatic N) is 1. The number of nitrogens with one attached hydrogen (secondary N) is 1. The van der Waals surface area contributed by atoms with Crippen molar-refractivity contribution < 1.29 is 4.74 Å². The summed E-state index contributed by atoms with van der Waals surface area (Å²) >= 11 is 0. The van der Waals surface area contributed by atoms with Gasteiger partial charge in [0.1, 0.15) is 0 Å². The molecule has 0 radical (unpaired) electrons. The highest BCUT2D eigenvalue weighted by Crippen LogP contribution is 2.24. The Morgan fingerprint density at radius 2 is 2.07 bits per heavy atom. The SMILES string of the molecule is CNCC(C(C)C)N1CCOCC1(C)C. The number of hydrogen-bond donors (Lipinski definition) is 1. The van der Waals surface area contributed by atoms with Crippen LogP contribution in [0.4, 0.5) is 0 Å². The van der Waals surface area contributed by atoms with E-state index in [0.29, 0.717) is 12.0 Å². The fraction of sp³-hybridized carbons (Fsp3) is 1.00. The van der Waals surface area contributed by atoms with Crippen LogP contribution in [0.15, 0.2) is 0 Å². The van der Waals surface area contributed by atoms with Crippen molar-refractivity contribution in [1.82, 2.24) is 10.2 Å². The van der Waals surface area contributed by atoms with Gasteiger partial charge in [-0.3, -0.25) is 4.90 Å². The van der Waals surface area contributed by atoms with E-state index in [0.717, 1.165) is 26.3 Å². The summed E-state index contributed by atoms with van der Waals surface area (Å²) in [7, 11) is 2.03. The third kappa shape index (κ3) is 3.16. The summed E-state index contributed by atoms with van der Waals surface area (Å²) in [6, 6.07) is 0.605. The number of likely N-dealkylation sites (N-methyl/N-ethyl adjacent to an activating group) is 1. The molecule has 1 unspecified atom stereocenters. The smallest absolute Gasteiger partial charge is 0.0645 e. The Balaban J connectivity index is 2.71. The predicted molar refractivity (Wildman–Crippen MR) is 64.2 cm³/mol. The first-order chi connectivity index (χ1) is 6.99. The molecule has 0 aromatic heterocycles. The molecule has 1 rings (SSSR count). The van der Waals surface area contributed by atoms with Crippen LogP contribution < -0.4 is 5.32 Å². The molecule has 1 aliphatic rings. The highest BCUT2D eigenvalue weighted by atomic mass is 16.5.